The Morgan fingerprint density at radius 3 is 1.35 bits per heavy atom. The third kappa shape index (κ3) is 4.30. The smallest absolute Gasteiger partial charge is 0.324 e. The highest BCUT2D eigenvalue weighted by atomic mass is 19.4. The summed E-state index contributed by atoms with van der Waals surface area (Å²) >= 11 is 0. The molecule has 23 heavy (non-hydrogen) atoms. The van der Waals surface area contributed by atoms with Crippen molar-refractivity contribution >= 4 is 0 Å². The van der Waals surface area contributed by atoms with Crippen LogP contribution < -0.4 is 5.73 Å². The predicted octanol–water partition coefficient (Wildman–Crippen LogP) is 5.40. The molecule has 10 heteroatoms. The Kier molecular flexibility index (Phi) is 5.01. The number of hydrogen-bond acceptors (Lipinski definition) is 1. The predicted molar refractivity (Wildman–Crippen MR) is 63.2 cm³/mol. The Bertz CT molecular complexity index is 567. The van der Waals surface area contributed by atoms with Gasteiger partial charge in [0, 0.05) is 6.04 Å². The van der Waals surface area contributed by atoms with Crippen LogP contribution in [0.1, 0.15) is 42.1 Å². The molecule has 0 saturated carbocycles. The van der Waals surface area contributed by atoms with Crippen molar-refractivity contribution in [1.29, 1.82) is 0 Å². The van der Waals surface area contributed by atoms with Gasteiger partial charge in [-0.2, -0.15) is 39.5 Å². The summed E-state index contributed by atoms with van der Waals surface area (Å²) < 4.78 is 116. The lowest BCUT2D eigenvalue weighted by molar-refractivity contribution is -0.163. The molecule has 0 radical (unpaired) electrons. The lowest BCUT2D eigenvalue weighted by Gasteiger charge is -2.25. The van der Waals surface area contributed by atoms with E-state index in [1.165, 1.54) is 13.8 Å². The molecular formula is C13H12F9N. The SMILES string of the molecule is CC(C)C(N)c1cc(C(F)(F)F)c(C(F)(F)F)cc1C(F)(F)F. The summed E-state index contributed by atoms with van der Waals surface area (Å²) in [5.74, 6) is -0.714. The van der Waals surface area contributed by atoms with Gasteiger partial charge in [-0.15, -0.1) is 0 Å². The van der Waals surface area contributed by atoms with Gasteiger partial charge in [0.15, 0.2) is 0 Å². The first-order chi connectivity index (χ1) is 10.1. The Morgan fingerprint density at radius 1 is 0.696 bits per heavy atom. The van der Waals surface area contributed by atoms with Crippen molar-refractivity contribution in [2.45, 2.75) is 38.4 Å². The van der Waals surface area contributed by atoms with Crippen LogP contribution >= 0.6 is 0 Å². The minimum Gasteiger partial charge on any atom is -0.324 e. The van der Waals surface area contributed by atoms with E-state index in [2.05, 4.69) is 0 Å². The second-order valence-electron chi connectivity index (χ2n) is 5.25. The van der Waals surface area contributed by atoms with Gasteiger partial charge in [0.25, 0.3) is 0 Å². The molecule has 1 rings (SSSR count). The highest BCUT2D eigenvalue weighted by Gasteiger charge is 2.47. The first-order valence-corrected chi connectivity index (χ1v) is 6.22. The molecule has 0 aliphatic rings. The Balaban J connectivity index is 3.84. The standard InChI is InChI=1S/C13H12F9N/c1-5(2)10(23)6-3-8(12(17,18)19)9(13(20,21)22)4-7(6)11(14,15)16/h3-5,10H,23H2,1-2H3. The van der Waals surface area contributed by atoms with E-state index in [9.17, 15) is 39.5 Å². The van der Waals surface area contributed by atoms with Crippen LogP contribution in [-0.4, -0.2) is 0 Å². The number of nitrogens with two attached hydrogens (primary N) is 1. The van der Waals surface area contributed by atoms with Crippen LogP contribution in [0.3, 0.4) is 0 Å². The molecule has 0 heterocycles. The van der Waals surface area contributed by atoms with Gasteiger partial charge in [-0.3, -0.25) is 0 Å². The third-order valence-electron chi connectivity index (χ3n) is 3.18. The number of hydrogen-bond donors (Lipinski definition) is 1. The average Bonchev–Trinajstić information content (AvgIpc) is 2.32. The molecule has 1 aromatic carbocycles. The van der Waals surface area contributed by atoms with Gasteiger partial charge in [0.05, 0.1) is 16.7 Å². The monoisotopic (exact) mass is 353 g/mol. The second-order valence-corrected chi connectivity index (χ2v) is 5.25. The number of halogens is 9. The number of alkyl halides is 9. The van der Waals surface area contributed by atoms with E-state index < -0.39 is 58.8 Å². The fourth-order valence-electron chi connectivity index (χ4n) is 1.97. The molecular weight excluding hydrogens is 341 g/mol. The van der Waals surface area contributed by atoms with Crippen LogP contribution in [0.5, 0.6) is 0 Å². The van der Waals surface area contributed by atoms with E-state index in [1.54, 1.807) is 0 Å². The van der Waals surface area contributed by atoms with Crippen LogP contribution in [0.4, 0.5) is 39.5 Å². The van der Waals surface area contributed by atoms with Crippen molar-refractivity contribution in [2.75, 3.05) is 0 Å². The highest BCUT2D eigenvalue weighted by molar-refractivity contribution is 5.44. The average molecular weight is 353 g/mol. The molecule has 1 unspecified atom stereocenters. The molecule has 1 atom stereocenters. The van der Waals surface area contributed by atoms with Crippen LogP contribution in [0.15, 0.2) is 12.1 Å². The van der Waals surface area contributed by atoms with Crippen molar-refractivity contribution in [3.8, 4) is 0 Å². The van der Waals surface area contributed by atoms with E-state index in [4.69, 9.17) is 5.73 Å². The molecule has 1 aromatic rings. The van der Waals surface area contributed by atoms with E-state index >= 15 is 0 Å². The number of rotatable bonds is 2. The fraction of sp³-hybridized carbons (Fsp3) is 0.538. The molecule has 0 saturated heterocycles. The molecule has 0 spiro atoms. The summed E-state index contributed by atoms with van der Waals surface area (Å²) in [5, 5.41) is 0. The van der Waals surface area contributed by atoms with Gasteiger partial charge in [-0.1, -0.05) is 13.8 Å². The summed E-state index contributed by atoms with van der Waals surface area (Å²) in [5.41, 5.74) is -1.97. The summed E-state index contributed by atoms with van der Waals surface area (Å²) in [4.78, 5) is 0. The zero-order valence-corrected chi connectivity index (χ0v) is 11.8. The minimum absolute atomic E-state index is 0.156. The molecule has 132 valence electrons. The summed E-state index contributed by atoms with van der Waals surface area (Å²) in [7, 11) is 0. The first-order valence-electron chi connectivity index (χ1n) is 6.22. The molecule has 2 N–H and O–H groups in total. The molecule has 0 aliphatic carbocycles. The lowest BCUT2D eigenvalue weighted by Crippen LogP contribution is -2.25. The van der Waals surface area contributed by atoms with Gasteiger partial charge in [0.2, 0.25) is 0 Å². The largest absolute Gasteiger partial charge is 0.417 e. The van der Waals surface area contributed by atoms with Crippen LogP contribution in [0.25, 0.3) is 0 Å². The Hall–Kier alpha value is -1.45. The van der Waals surface area contributed by atoms with Crippen molar-refractivity contribution in [3.05, 3.63) is 34.4 Å². The quantitative estimate of drug-likeness (QED) is 0.708. The van der Waals surface area contributed by atoms with Gasteiger partial charge in [0.1, 0.15) is 0 Å². The fourth-order valence-corrected chi connectivity index (χ4v) is 1.97. The summed E-state index contributed by atoms with van der Waals surface area (Å²) in [6.07, 6.45) is -16.3. The van der Waals surface area contributed by atoms with Crippen LogP contribution in [0, 0.1) is 5.92 Å². The van der Waals surface area contributed by atoms with Gasteiger partial charge >= 0.3 is 18.5 Å². The maximum atomic E-state index is 13.0. The molecule has 0 amide bonds. The maximum Gasteiger partial charge on any atom is 0.417 e. The van der Waals surface area contributed by atoms with E-state index in [1.807, 2.05) is 0 Å². The van der Waals surface area contributed by atoms with E-state index in [0.717, 1.165) is 0 Å². The maximum absolute atomic E-state index is 13.0. The van der Waals surface area contributed by atoms with Crippen molar-refractivity contribution in [2.24, 2.45) is 11.7 Å². The molecule has 0 aromatic heterocycles. The van der Waals surface area contributed by atoms with Crippen molar-refractivity contribution < 1.29 is 39.5 Å². The second kappa shape index (κ2) is 5.88. The van der Waals surface area contributed by atoms with Gasteiger partial charge in [-0.25, -0.2) is 0 Å². The third-order valence-corrected chi connectivity index (χ3v) is 3.18. The molecule has 1 nitrogen and oxygen atoms in total. The van der Waals surface area contributed by atoms with E-state index in [0.29, 0.717) is 0 Å². The number of benzene rings is 1. The molecule has 0 aliphatic heterocycles. The lowest BCUT2D eigenvalue weighted by atomic mass is 9.88. The van der Waals surface area contributed by atoms with Gasteiger partial charge < -0.3 is 5.73 Å². The Morgan fingerprint density at radius 2 is 1.04 bits per heavy atom. The first kappa shape index (κ1) is 19.6. The molecule has 0 bridgehead atoms. The zero-order valence-electron chi connectivity index (χ0n) is 11.8. The topological polar surface area (TPSA) is 26.0 Å². The normalized spacial score (nSPS) is 15.2. The summed E-state index contributed by atoms with van der Waals surface area (Å²) in [6, 6.07) is -2.19. The minimum atomic E-state index is -5.59. The van der Waals surface area contributed by atoms with Crippen LogP contribution in [0.2, 0.25) is 0 Å². The highest BCUT2D eigenvalue weighted by Crippen LogP contribution is 2.45. The molecule has 0 fully saturated rings. The van der Waals surface area contributed by atoms with Crippen molar-refractivity contribution in [1.82, 2.24) is 0 Å². The Labute approximate surface area is 125 Å². The van der Waals surface area contributed by atoms with Crippen molar-refractivity contribution in [3.63, 3.8) is 0 Å². The van der Waals surface area contributed by atoms with E-state index in [-0.39, 0.29) is 6.07 Å². The summed E-state index contributed by atoms with van der Waals surface area (Å²) in [6.45, 7) is 2.69. The van der Waals surface area contributed by atoms with Crippen LogP contribution in [-0.2, 0) is 18.5 Å². The van der Waals surface area contributed by atoms with Gasteiger partial charge in [-0.05, 0) is 23.6 Å². The zero-order chi connectivity index (χ0) is 18.4.